The maximum Gasteiger partial charge on any atom is 0.229 e. The van der Waals surface area contributed by atoms with Crippen LogP contribution in [0.2, 0.25) is 10.0 Å². The summed E-state index contributed by atoms with van der Waals surface area (Å²) in [6.45, 7) is 2.77. The van der Waals surface area contributed by atoms with Crippen LogP contribution in [0.15, 0.2) is 54.7 Å². The first-order valence-electron chi connectivity index (χ1n) is 7.44. The van der Waals surface area contributed by atoms with Gasteiger partial charge in [0.15, 0.2) is 0 Å². The second-order valence-electron chi connectivity index (χ2n) is 5.39. The van der Waals surface area contributed by atoms with Gasteiger partial charge in [0.1, 0.15) is 5.82 Å². The van der Waals surface area contributed by atoms with Crippen LogP contribution < -0.4 is 10.6 Å². The number of aromatic nitrogens is 2. The van der Waals surface area contributed by atoms with E-state index in [-0.39, 0.29) is 0 Å². The zero-order valence-corrected chi connectivity index (χ0v) is 14.6. The SMILES string of the molecule is Cc1cccc(CNc2ccnc(Nc3cc(Cl)cc(Cl)c3)n2)c1. The van der Waals surface area contributed by atoms with Gasteiger partial charge in [-0.2, -0.15) is 4.98 Å². The third-order valence-corrected chi connectivity index (χ3v) is 3.77. The Labute approximate surface area is 150 Å². The number of nitrogens with one attached hydrogen (secondary N) is 2. The summed E-state index contributed by atoms with van der Waals surface area (Å²) in [6.07, 6.45) is 1.69. The second kappa shape index (κ2) is 7.51. The molecule has 0 unspecified atom stereocenters. The third-order valence-electron chi connectivity index (χ3n) is 3.33. The second-order valence-corrected chi connectivity index (χ2v) is 6.26. The molecule has 0 aliphatic rings. The van der Waals surface area contributed by atoms with Crippen LogP contribution in [0.5, 0.6) is 0 Å². The van der Waals surface area contributed by atoms with Crippen molar-refractivity contribution in [3.05, 3.63) is 75.9 Å². The quantitative estimate of drug-likeness (QED) is 0.636. The van der Waals surface area contributed by atoms with Crippen molar-refractivity contribution in [3.8, 4) is 0 Å². The van der Waals surface area contributed by atoms with E-state index < -0.39 is 0 Å². The van der Waals surface area contributed by atoms with E-state index in [9.17, 15) is 0 Å². The minimum atomic E-state index is 0.475. The fourth-order valence-corrected chi connectivity index (χ4v) is 2.81. The van der Waals surface area contributed by atoms with Crippen LogP contribution in [0.3, 0.4) is 0 Å². The van der Waals surface area contributed by atoms with Gasteiger partial charge in [-0.25, -0.2) is 4.98 Å². The van der Waals surface area contributed by atoms with Crippen LogP contribution in [0, 0.1) is 6.92 Å². The summed E-state index contributed by atoms with van der Waals surface area (Å²) in [4.78, 5) is 8.66. The smallest absolute Gasteiger partial charge is 0.229 e. The van der Waals surface area contributed by atoms with Gasteiger partial charge in [-0.1, -0.05) is 53.0 Å². The van der Waals surface area contributed by atoms with Crippen molar-refractivity contribution in [2.45, 2.75) is 13.5 Å². The highest BCUT2D eigenvalue weighted by Crippen LogP contribution is 2.24. The molecule has 0 aliphatic heterocycles. The molecule has 6 heteroatoms. The van der Waals surface area contributed by atoms with Gasteiger partial charge in [0.2, 0.25) is 5.95 Å². The van der Waals surface area contributed by atoms with E-state index in [0.29, 0.717) is 22.5 Å². The summed E-state index contributed by atoms with van der Waals surface area (Å²) in [5.74, 6) is 1.21. The van der Waals surface area contributed by atoms with Gasteiger partial charge in [0.25, 0.3) is 0 Å². The minimum Gasteiger partial charge on any atom is -0.366 e. The molecule has 0 spiro atoms. The molecule has 0 aliphatic carbocycles. The number of nitrogens with zero attached hydrogens (tertiary/aromatic N) is 2. The topological polar surface area (TPSA) is 49.8 Å². The van der Waals surface area contributed by atoms with Crippen molar-refractivity contribution in [2.24, 2.45) is 0 Å². The van der Waals surface area contributed by atoms with E-state index >= 15 is 0 Å². The third kappa shape index (κ3) is 4.60. The van der Waals surface area contributed by atoms with Crippen LogP contribution >= 0.6 is 23.2 Å². The summed E-state index contributed by atoms with van der Waals surface area (Å²) < 4.78 is 0. The Kier molecular flexibility index (Phi) is 5.18. The Morgan fingerprint density at radius 1 is 1.00 bits per heavy atom. The molecule has 3 aromatic rings. The molecular formula is C18H16Cl2N4. The zero-order chi connectivity index (χ0) is 16.9. The zero-order valence-electron chi connectivity index (χ0n) is 13.1. The van der Waals surface area contributed by atoms with Crippen molar-refractivity contribution >= 4 is 40.7 Å². The Morgan fingerprint density at radius 2 is 1.79 bits per heavy atom. The van der Waals surface area contributed by atoms with Crippen molar-refractivity contribution < 1.29 is 0 Å². The van der Waals surface area contributed by atoms with Crippen LogP contribution in [0.4, 0.5) is 17.5 Å². The highest BCUT2D eigenvalue weighted by atomic mass is 35.5. The molecule has 122 valence electrons. The molecule has 0 fully saturated rings. The van der Waals surface area contributed by atoms with Gasteiger partial charge in [0.05, 0.1) is 0 Å². The molecule has 24 heavy (non-hydrogen) atoms. The summed E-state index contributed by atoms with van der Waals surface area (Å²) in [7, 11) is 0. The number of rotatable bonds is 5. The first kappa shape index (κ1) is 16.6. The van der Waals surface area contributed by atoms with Crippen LogP contribution in [0.1, 0.15) is 11.1 Å². The highest BCUT2D eigenvalue weighted by molar-refractivity contribution is 6.35. The maximum atomic E-state index is 6.00. The molecule has 2 N–H and O–H groups in total. The van der Waals surface area contributed by atoms with Crippen LogP contribution in [-0.4, -0.2) is 9.97 Å². The number of halogens is 2. The molecule has 1 heterocycles. The molecule has 0 atom stereocenters. The summed E-state index contributed by atoms with van der Waals surface area (Å²) in [6, 6.07) is 15.4. The lowest BCUT2D eigenvalue weighted by molar-refractivity contribution is 1.08. The van der Waals surface area contributed by atoms with Crippen molar-refractivity contribution in [1.82, 2.24) is 9.97 Å². The summed E-state index contributed by atoms with van der Waals surface area (Å²) in [5.41, 5.74) is 3.17. The van der Waals surface area contributed by atoms with E-state index in [0.717, 1.165) is 11.5 Å². The van der Waals surface area contributed by atoms with Gasteiger partial charge in [0, 0.05) is 28.5 Å². The average Bonchev–Trinajstić information content (AvgIpc) is 2.52. The van der Waals surface area contributed by atoms with E-state index in [1.807, 2.05) is 12.1 Å². The molecule has 4 nitrogen and oxygen atoms in total. The Bertz CT molecular complexity index is 832. The molecule has 0 amide bonds. The van der Waals surface area contributed by atoms with E-state index in [1.54, 1.807) is 24.4 Å². The van der Waals surface area contributed by atoms with Crippen molar-refractivity contribution in [1.29, 1.82) is 0 Å². The largest absolute Gasteiger partial charge is 0.366 e. The van der Waals surface area contributed by atoms with E-state index in [1.165, 1.54) is 11.1 Å². The van der Waals surface area contributed by atoms with E-state index in [4.69, 9.17) is 23.2 Å². The number of benzene rings is 2. The molecule has 0 saturated carbocycles. The average molecular weight is 359 g/mol. The first-order chi connectivity index (χ1) is 11.6. The lowest BCUT2D eigenvalue weighted by Gasteiger charge is -2.09. The van der Waals surface area contributed by atoms with Gasteiger partial charge in [-0.3, -0.25) is 0 Å². The normalized spacial score (nSPS) is 10.5. The standard InChI is InChI=1S/C18H16Cl2N4/c1-12-3-2-4-13(7-12)11-22-17-5-6-21-18(24-17)23-16-9-14(19)8-15(20)10-16/h2-10H,11H2,1H3,(H2,21,22,23,24). The molecular weight excluding hydrogens is 343 g/mol. The summed E-state index contributed by atoms with van der Waals surface area (Å²) in [5, 5.41) is 7.50. The first-order valence-corrected chi connectivity index (χ1v) is 8.20. The van der Waals surface area contributed by atoms with Crippen LogP contribution in [-0.2, 0) is 6.54 Å². The molecule has 3 rings (SSSR count). The monoisotopic (exact) mass is 358 g/mol. The molecule has 1 aromatic heterocycles. The predicted octanol–water partition coefficient (Wildman–Crippen LogP) is 5.45. The lowest BCUT2D eigenvalue weighted by Crippen LogP contribution is -2.04. The van der Waals surface area contributed by atoms with Gasteiger partial charge in [-0.05, 0) is 36.8 Å². The number of hydrogen-bond donors (Lipinski definition) is 2. The van der Waals surface area contributed by atoms with Crippen molar-refractivity contribution in [2.75, 3.05) is 10.6 Å². The fourth-order valence-electron chi connectivity index (χ4n) is 2.29. The Morgan fingerprint density at radius 3 is 2.54 bits per heavy atom. The van der Waals surface area contributed by atoms with Crippen molar-refractivity contribution in [3.63, 3.8) is 0 Å². The Balaban J connectivity index is 1.69. The molecule has 2 aromatic carbocycles. The van der Waals surface area contributed by atoms with Gasteiger partial charge < -0.3 is 10.6 Å². The number of anilines is 3. The number of hydrogen-bond acceptors (Lipinski definition) is 4. The predicted molar refractivity (Wildman–Crippen MR) is 100 cm³/mol. The van der Waals surface area contributed by atoms with Gasteiger partial charge in [-0.15, -0.1) is 0 Å². The molecule has 0 bridgehead atoms. The number of aryl methyl sites for hydroxylation is 1. The van der Waals surface area contributed by atoms with E-state index in [2.05, 4.69) is 45.7 Å². The molecule has 0 saturated heterocycles. The lowest BCUT2D eigenvalue weighted by atomic mass is 10.1. The van der Waals surface area contributed by atoms with Crippen LogP contribution in [0.25, 0.3) is 0 Å². The molecule has 0 radical (unpaired) electrons. The summed E-state index contributed by atoms with van der Waals surface area (Å²) >= 11 is 12.0. The van der Waals surface area contributed by atoms with Gasteiger partial charge >= 0.3 is 0 Å². The Hall–Kier alpha value is -2.30. The maximum absolute atomic E-state index is 6.00. The fraction of sp³-hybridized carbons (Fsp3) is 0.111. The minimum absolute atomic E-state index is 0.475. The highest BCUT2D eigenvalue weighted by Gasteiger charge is 2.03.